The molecule has 0 aliphatic carbocycles. The van der Waals surface area contributed by atoms with Gasteiger partial charge in [0.2, 0.25) is 0 Å². The molecule has 3 rings (SSSR count). The van der Waals surface area contributed by atoms with Crippen LogP contribution in [-0.4, -0.2) is 39.4 Å². The molecule has 130 valence electrons. The van der Waals surface area contributed by atoms with Crippen molar-refractivity contribution in [3.05, 3.63) is 64.7 Å². The third-order valence-electron chi connectivity index (χ3n) is 4.36. The first-order chi connectivity index (χ1) is 12.2. The number of nitrogens with zero attached hydrogens (tertiary/aromatic N) is 1. The summed E-state index contributed by atoms with van der Waals surface area (Å²) in [7, 11) is 1.41. The third-order valence-corrected chi connectivity index (χ3v) is 4.36. The van der Waals surface area contributed by atoms with Crippen molar-refractivity contribution in [3.8, 4) is 0 Å². The van der Waals surface area contributed by atoms with E-state index in [2.05, 4.69) is 36.1 Å². The van der Waals surface area contributed by atoms with Crippen molar-refractivity contribution >= 4 is 23.8 Å². The van der Waals surface area contributed by atoms with Crippen LogP contribution in [0.15, 0.2) is 42.5 Å². The molecule has 0 atom stereocenters. The molecule has 4 heteroatoms. The average molecular weight is 337 g/mol. The first-order valence-corrected chi connectivity index (χ1v) is 8.48. The standard InChI is InChI=1S/C21H23NO3/c1-16-6-8-17(9-7-16)10-11-18-19(21(23)24-2)4-3-5-20(18)22-12-14-25-15-13-22/h3-11H,12-15H2,1-2H3/b11-10+. The molecule has 1 heterocycles. The zero-order valence-corrected chi connectivity index (χ0v) is 14.7. The van der Waals surface area contributed by atoms with Gasteiger partial charge in [0, 0.05) is 24.3 Å². The van der Waals surface area contributed by atoms with Crippen LogP contribution < -0.4 is 4.90 Å². The van der Waals surface area contributed by atoms with E-state index >= 15 is 0 Å². The van der Waals surface area contributed by atoms with Crippen molar-refractivity contribution in [3.63, 3.8) is 0 Å². The maximum absolute atomic E-state index is 12.2. The maximum Gasteiger partial charge on any atom is 0.338 e. The summed E-state index contributed by atoms with van der Waals surface area (Å²) in [6, 6.07) is 14.1. The molecule has 2 aromatic carbocycles. The molecule has 1 aliphatic rings. The summed E-state index contributed by atoms with van der Waals surface area (Å²) in [6.45, 7) is 5.09. The minimum atomic E-state index is -0.321. The van der Waals surface area contributed by atoms with Crippen molar-refractivity contribution in [2.45, 2.75) is 6.92 Å². The Kier molecular flexibility index (Phi) is 5.51. The number of aryl methyl sites for hydroxylation is 1. The lowest BCUT2D eigenvalue weighted by Gasteiger charge is -2.30. The van der Waals surface area contributed by atoms with E-state index in [9.17, 15) is 4.79 Å². The summed E-state index contributed by atoms with van der Waals surface area (Å²) in [6.07, 6.45) is 4.03. The summed E-state index contributed by atoms with van der Waals surface area (Å²) < 4.78 is 10.4. The van der Waals surface area contributed by atoms with Gasteiger partial charge in [-0.15, -0.1) is 0 Å². The van der Waals surface area contributed by atoms with Crippen LogP contribution >= 0.6 is 0 Å². The predicted octanol–water partition coefficient (Wildman–Crippen LogP) is 3.79. The van der Waals surface area contributed by atoms with Crippen molar-refractivity contribution in [2.75, 3.05) is 38.3 Å². The summed E-state index contributed by atoms with van der Waals surface area (Å²) in [5.41, 5.74) is 4.82. The second-order valence-electron chi connectivity index (χ2n) is 6.07. The molecule has 0 radical (unpaired) electrons. The molecule has 1 fully saturated rings. The smallest absolute Gasteiger partial charge is 0.338 e. The van der Waals surface area contributed by atoms with E-state index in [0.29, 0.717) is 18.8 Å². The number of hydrogen-bond donors (Lipinski definition) is 0. The van der Waals surface area contributed by atoms with Gasteiger partial charge < -0.3 is 14.4 Å². The van der Waals surface area contributed by atoms with Gasteiger partial charge in [-0.25, -0.2) is 4.79 Å². The molecule has 0 bridgehead atoms. The average Bonchev–Trinajstić information content (AvgIpc) is 2.67. The number of anilines is 1. The fourth-order valence-corrected chi connectivity index (χ4v) is 2.95. The number of methoxy groups -OCH3 is 1. The maximum atomic E-state index is 12.2. The summed E-state index contributed by atoms with van der Waals surface area (Å²) in [4.78, 5) is 14.5. The van der Waals surface area contributed by atoms with Gasteiger partial charge in [0.05, 0.1) is 25.9 Å². The zero-order chi connectivity index (χ0) is 17.6. The summed E-state index contributed by atoms with van der Waals surface area (Å²) >= 11 is 0. The highest BCUT2D eigenvalue weighted by molar-refractivity contribution is 5.97. The van der Waals surface area contributed by atoms with Gasteiger partial charge in [0.1, 0.15) is 0 Å². The Morgan fingerprint density at radius 3 is 2.48 bits per heavy atom. The molecule has 0 aromatic heterocycles. The number of ether oxygens (including phenoxy) is 2. The fraction of sp³-hybridized carbons (Fsp3) is 0.286. The number of hydrogen-bond acceptors (Lipinski definition) is 4. The first kappa shape index (κ1) is 17.2. The molecule has 0 amide bonds. The van der Waals surface area contributed by atoms with Crippen LogP contribution in [0.1, 0.15) is 27.0 Å². The van der Waals surface area contributed by atoms with Crippen molar-refractivity contribution in [2.24, 2.45) is 0 Å². The summed E-state index contributed by atoms with van der Waals surface area (Å²) in [5.74, 6) is -0.321. The van der Waals surface area contributed by atoms with Gasteiger partial charge in [-0.2, -0.15) is 0 Å². The van der Waals surface area contributed by atoms with Gasteiger partial charge in [-0.3, -0.25) is 0 Å². The lowest BCUT2D eigenvalue weighted by atomic mass is 10.0. The van der Waals surface area contributed by atoms with Gasteiger partial charge in [0.15, 0.2) is 0 Å². The predicted molar refractivity (Wildman–Crippen MR) is 101 cm³/mol. The highest BCUT2D eigenvalue weighted by Crippen LogP contribution is 2.28. The van der Waals surface area contributed by atoms with Crippen LogP contribution in [0, 0.1) is 6.92 Å². The molecular formula is C21H23NO3. The Morgan fingerprint density at radius 2 is 1.80 bits per heavy atom. The number of benzene rings is 2. The van der Waals surface area contributed by atoms with Gasteiger partial charge in [-0.05, 0) is 24.6 Å². The molecule has 0 spiro atoms. The van der Waals surface area contributed by atoms with Crippen molar-refractivity contribution in [1.82, 2.24) is 0 Å². The van der Waals surface area contributed by atoms with Crippen LogP contribution in [0.4, 0.5) is 5.69 Å². The molecule has 0 N–H and O–H groups in total. The number of esters is 1. The van der Waals surface area contributed by atoms with Gasteiger partial charge >= 0.3 is 5.97 Å². The van der Waals surface area contributed by atoms with Gasteiger partial charge in [0.25, 0.3) is 0 Å². The molecule has 0 unspecified atom stereocenters. The number of carbonyl (C=O) groups is 1. The molecule has 1 aliphatic heterocycles. The molecule has 1 saturated heterocycles. The minimum Gasteiger partial charge on any atom is -0.465 e. The SMILES string of the molecule is COC(=O)c1cccc(N2CCOCC2)c1/C=C/c1ccc(C)cc1. The highest BCUT2D eigenvalue weighted by Gasteiger charge is 2.19. The van der Waals surface area contributed by atoms with E-state index in [4.69, 9.17) is 9.47 Å². The van der Waals surface area contributed by atoms with E-state index in [0.717, 1.165) is 29.9 Å². The van der Waals surface area contributed by atoms with E-state index in [-0.39, 0.29) is 5.97 Å². The van der Waals surface area contributed by atoms with E-state index < -0.39 is 0 Å². The van der Waals surface area contributed by atoms with Crippen molar-refractivity contribution < 1.29 is 14.3 Å². The Bertz CT molecular complexity index is 759. The van der Waals surface area contributed by atoms with E-state index in [1.807, 2.05) is 30.4 Å². The lowest BCUT2D eigenvalue weighted by Crippen LogP contribution is -2.36. The van der Waals surface area contributed by atoms with Crippen LogP contribution in [0.3, 0.4) is 0 Å². The normalized spacial score (nSPS) is 14.7. The lowest BCUT2D eigenvalue weighted by molar-refractivity contribution is 0.0600. The molecule has 25 heavy (non-hydrogen) atoms. The topological polar surface area (TPSA) is 38.8 Å². The van der Waals surface area contributed by atoms with Crippen LogP contribution in [0.25, 0.3) is 12.2 Å². The number of carbonyl (C=O) groups excluding carboxylic acids is 1. The van der Waals surface area contributed by atoms with E-state index in [1.54, 1.807) is 0 Å². The first-order valence-electron chi connectivity index (χ1n) is 8.48. The number of morpholine rings is 1. The third kappa shape index (κ3) is 4.09. The quantitative estimate of drug-likeness (QED) is 0.628. The van der Waals surface area contributed by atoms with Crippen LogP contribution in [0.5, 0.6) is 0 Å². The molecular weight excluding hydrogens is 314 g/mol. The largest absolute Gasteiger partial charge is 0.465 e. The minimum absolute atomic E-state index is 0.321. The Hall–Kier alpha value is -2.59. The molecule has 4 nitrogen and oxygen atoms in total. The zero-order valence-electron chi connectivity index (χ0n) is 14.7. The van der Waals surface area contributed by atoms with Crippen LogP contribution in [-0.2, 0) is 9.47 Å². The fourth-order valence-electron chi connectivity index (χ4n) is 2.95. The molecule has 2 aromatic rings. The van der Waals surface area contributed by atoms with Gasteiger partial charge in [-0.1, -0.05) is 48.0 Å². The second kappa shape index (κ2) is 7.99. The Labute approximate surface area is 148 Å². The van der Waals surface area contributed by atoms with Crippen molar-refractivity contribution in [1.29, 1.82) is 0 Å². The second-order valence-corrected chi connectivity index (χ2v) is 6.07. The molecule has 0 saturated carbocycles. The summed E-state index contributed by atoms with van der Waals surface area (Å²) in [5, 5.41) is 0. The highest BCUT2D eigenvalue weighted by atomic mass is 16.5. The van der Waals surface area contributed by atoms with E-state index in [1.165, 1.54) is 12.7 Å². The number of rotatable bonds is 4. The van der Waals surface area contributed by atoms with Crippen LogP contribution in [0.2, 0.25) is 0 Å². The Balaban J connectivity index is 2.00. The Morgan fingerprint density at radius 1 is 1.08 bits per heavy atom. The monoisotopic (exact) mass is 337 g/mol.